The summed E-state index contributed by atoms with van der Waals surface area (Å²) >= 11 is 5.74. The third kappa shape index (κ3) is 5.01. The number of amidine groups is 1. The highest BCUT2D eigenvalue weighted by Crippen LogP contribution is 2.28. The molecule has 3 N–H and O–H groups in total. The fraction of sp³-hybridized carbons (Fsp3) is 0.364. The van der Waals surface area contributed by atoms with Gasteiger partial charge in [0.05, 0.1) is 11.5 Å². The van der Waals surface area contributed by atoms with Crippen molar-refractivity contribution < 1.29 is 14.9 Å². The van der Waals surface area contributed by atoms with Crippen LogP contribution in [0.4, 0.5) is 5.69 Å². The lowest BCUT2D eigenvalue weighted by Crippen LogP contribution is -2.11. The van der Waals surface area contributed by atoms with Crippen LogP contribution in [0.2, 0.25) is 5.02 Å². The first-order valence-corrected chi connectivity index (χ1v) is 5.95. The number of oxime groups is 1. The molecule has 0 spiro atoms. The lowest BCUT2D eigenvalue weighted by Gasteiger charge is -2.06. The highest BCUT2D eigenvalue weighted by Gasteiger charge is 2.12. The molecule has 0 unspecified atom stereocenters. The van der Waals surface area contributed by atoms with Crippen molar-refractivity contribution in [3.05, 3.63) is 33.3 Å². The third-order valence-corrected chi connectivity index (χ3v) is 2.64. The van der Waals surface area contributed by atoms with Gasteiger partial charge in [0.2, 0.25) is 0 Å². The van der Waals surface area contributed by atoms with Crippen molar-refractivity contribution in [1.29, 1.82) is 0 Å². The van der Waals surface area contributed by atoms with Gasteiger partial charge in [0.1, 0.15) is 16.6 Å². The Labute approximate surface area is 114 Å². The number of nitro groups is 1. The van der Waals surface area contributed by atoms with Crippen LogP contribution in [0.5, 0.6) is 5.75 Å². The lowest BCUT2D eigenvalue weighted by molar-refractivity contribution is -0.384. The van der Waals surface area contributed by atoms with Gasteiger partial charge in [-0.2, -0.15) is 0 Å². The number of unbranched alkanes of at least 4 members (excludes halogenated alkanes) is 1. The average molecular weight is 288 g/mol. The molecule has 0 bridgehead atoms. The second-order valence-corrected chi connectivity index (χ2v) is 4.17. The minimum absolute atomic E-state index is 0.0409. The summed E-state index contributed by atoms with van der Waals surface area (Å²) in [6.07, 6.45) is 1.92. The molecule has 19 heavy (non-hydrogen) atoms. The zero-order valence-corrected chi connectivity index (χ0v) is 10.8. The van der Waals surface area contributed by atoms with Gasteiger partial charge in [0.15, 0.2) is 0 Å². The van der Waals surface area contributed by atoms with E-state index >= 15 is 0 Å². The van der Waals surface area contributed by atoms with Crippen LogP contribution in [-0.2, 0) is 0 Å². The molecule has 0 aliphatic rings. The van der Waals surface area contributed by atoms with Gasteiger partial charge in [0.25, 0.3) is 5.69 Å². The number of ether oxygens (including phenoxy) is 1. The van der Waals surface area contributed by atoms with Crippen molar-refractivity contribution in [3.8, 4) is 5.75 Å². The normalized spacial score (nSPS) is 11.3. The average Bonchev–Trinajstić information content (AvgIpc) is 2.37. The van der Waals surface area contributed by atoms with Crippen molar-refractivity contribution in [1.82, 2.24) is 0 Å². The van der Waals surface area contributed by atoms with E-state index in [1.54, 1.807) is 0 Å². The Kier molecular flexibility index (Phi) is 5.87. The van der Waals surface area contributed by atoms with Crippen LogP contribution >= 0.6 is 11.6 Å². The van der Waals surface area contributed by atoms with Crippen LogP contribution in [0.15, 0.2) is 23.4 Å². The first-order chi connectivity index (χ1) is 9.04. The number of nitrogens with two attached hydrogens (primary N) is 1. The molecule has 0 aromatic heterocycles. The monoisotopic (exact) mass is 287 g/mol. The molecule has 7 nitrogen and oxygen atoms in total. The number of nitrogens with zero attached hydrogens (tertiary/aromatic N) is 2. The zero-order valence-electron chi connectivity index (χ0n) is 10.1. The van der Waals surface area contributed by atoms with E-state index in [0.29, 0.717) is 25.2 Å². The summed E-state index contributed by atoms with van der Waals surface area (Å²) in [6.45, 7) is 0.423. The molecule has 0 amide bonds. The summed E-state index contributed by atoms with van der Waals surface area (Å²) in [5, 5.41) is 21.8. The van der Waals surface area contributed by atoms with Crippen LogP contribution in [0, 0.1) is 10.1 Å². The largest absolute Gasteiger partial charge is 0.494 e. The number of hydrogen-bond acceptors (Lipinski definition) is 5. The molecule has 1 rings (SSSR count). The van der Waals surface area contributed by atoms with Crippen LogP contribution in [0.3, 0.4) is 0 Å². The van der Waals surface area contributed by atoms with E-state index in [2.05, 4.69) is 5.16 Å². The molecule has 0 saturated carbocycles. The molecule has 0 aliphatic carbocycles. The lowest BCUT2D eigenvalue weighted by atomic mass is 10.2. The van der Waals surface area contributed by atoms with E-state index in [4.69, 9.17) is 27.3 Å². The molecule has 0 heterocycles. The Morgan fingerprint density at radius 2 is 2.26 bits per heavy atom. The van der Waals surface area contributed by atoms with E-state index < -0.39 is 4.92 Å². The van der Waals surface area contributed by atoms with Gasteiger partial charge in [-0.05, 0) is 18.9 Å². The molecule has 0 aliphatic heterocycles. The highest BCUT2D eigenvalue weighted by molar-refractivity contribution is 6.32. The fourth-order valence-corrected chi connectivity index (χ4v) is 1.61. The van der Waals surface area contributed by atoms with E-state index in [9.17, 15) is 10.1 Å². The maximum atomic E-state index is 10.6. The third-order valence-electron chi connectivity index (χ3n) is 2.34. The molecule has 0 radical (unpaired) electrons. The molecular weight excluding hydrogens is 274 g/mol. The van der Waals surface area contributed by atoms with E-state index in [1.807, 2.05) is 0 Å². The number of nitro benzene ring substituents is 1. The Morgan fingerprint density at radius 3 is 2.84 bits per heavy atom. The number of halogens is 1. The van der Waals surface area contributed by atoms with Gasteiger partial charge < -0.3 is 15.7 Å². The number of rotatable bonds is 7. The summed E-state index contributed by atoms with van der Waals surface area (Å²) in [6, 6.07) is 4.20. The van der Waals surface area contributed by atoms with Crippen LogP contribution in [-0.4, -0.2) is 22.6 Å². The van der Waals surface area contributed by atoms with Gasteiger partial charge in [-0.25, -0.2) is 0 Å². The Bertz CT molecular complexity index is 479. The first kappa shape index (κ1) is 15.0. The highest BCUT2D eigenvalue weighted by atomic mass is 35.5. The number of hydrogen-bond donors (Lipinski definition) is 2. The molecule has 104 valence electrons. The molecule has 1 aromatic rings. The molecular formula is C11H14ClN3O4. The molecule has 0 fully saturated rings. The SMILES string of the molecule is NC(CCCCOc1ccc([N+](=O)[O-])c(Cl)c1)=NO. The predicted molar refractivity (Wildman–Crippen MR) is 70.9 cm³/mol. The Hall–Kier alpha value is -2.02. The Morgan fingerprint density at radius 1 is 1.53 bits per heavy atom. The quantitative estimate of drug-likeness (QED) is 0.200. The van der Waals surface area contributed by atoms with Gasteiger partial charge >= 0.3 is 0 Å². The smallest absolute Gasteiger partial charge is 0.288 e. The summed E-state index contributed by atoms with van der Waals surface area (Å²) in [5.74, 6) is 0.651. The van der Waals surface area contributed by atoms with Gasteiger partial charge in [-0.1, -0.05) is 16.8 Å². The molecule has 0 atom stereocenters. The maximum absolute atomic E-state index is 10.6. The summed E-state index contributed by atoms with van der Waals surface area (Å²) in [5.41, 5.74) is 5.16. The summed E-state index contributed by atoms with van der Waals surface area (Å²) in [4.78, 5) is 10.0. The zero-order chi connectivity index (χ0) is 14.3. The van der Waals surface area contributed by atoms with Crippen molar-refractivity contribution in [3.63, 3.8) is 0 Å². The van der Waals surface area contributed by atoms with Gasteiger partial charge in [-0.3, -0.25) is 10.1 Å². The van der Waals surface area contributed by atoms with E-state index in [1.165, 1.54) is 18.2 Å². The van der Waals surface area contributed by atoms with E-state index in [0.717, 1.165) is 6.42 Å². The summed E-state index contributed by atoms with van der Waals surface area (Å²) < 4.78 is 5.39. The van der Waals surface area contributed by atoms with Crippen molar-refractivity contribution in [2.75, 3.05) is 6.61 Å². The molecule has 0 saturated heterocycles. The number of benzene rings is 1. The van der Waals surface area contributed by atoms with Gasteiger partial charge in [0, 0.05) is 18.6 Å². The minimum atomic E-state index is -0.552. The van der Waals surface area contributed by atoms with Crippen LogP contribution < -0.4 is 10.5 Å². The maximum Gasteiger partial charge on any atom is 0.288 e. The Balaban J connectivity index is 2.38. The first-order valence-electron chi connectivity index (χ1n) is 5.57. The predicted octanol–water partition coefficient (Wildman–Crippen LogP) is 2.54. The van der Waals surface area contributed by atoms with E-state index in [-0.39, 0.29) is 16.5 Å². The van der Waals surface area contributed by atoms with Crippen LogP contribution in [0.1, 0.15) is 19.3 Å². The standard InChI is InChI=1S/C11H14ClN3O4/c12-9-7-8(4-5-10(9)15(17)18)19-6-2-1-3-11(13)14-16/h4-5,7,16H,1-3,6H2,(H2,13,14). The molecule has 1 aromatic carbocycles. The van der Waals surface area contributed by atoms with Crippen LogP contribution in [0.25, 0.3) is 0 Å². The minimum Gasteiger partial charge on any atom is -0.494 e. The second kappa shape index (κ2) is 7.42. The summed E-state index contributed by atoms with van der Waals surface area (Å²) in [7, 11) is 0. The van der Waals surface area contributed by atoms with Crippen molar-refractivity contribution in [2.45, 2.75) is 19.3 Å². The fourth-order valence-electron chi connectivity index (χ4n) is 1.37. The van der Waals surface area contributed by atoms with Crippen molar-refractivity contribution in [2.24, 2.45) is 10.9 Å². The topological polar surface area (TPSA) is 111 Å². The molecule has 8 heteroatoms. The van der Waals surface area contributed by atoms with Gasteiger partial charge in [-0.15, -0.1) is 0 Å². The van der Waals surface area contributed by atoms with Crippen molar-refractivity contribution >= 4 is 23.1 Å². The second-order valence-electron chi connectivity index (χ2n) is 3.77.